The molecule has 244 valence electrons. The van der Waals surface area contributed by atoms with Gasteiger partial charge in [0.15, 0.2) is 29.3 Å². The Kier molecular flexibility index (Phi) is 12.0. The Morgan fingerprint density at radius 3 is 2.49 bits per heavy atom. The molecule has 2 heterocycles. The van der Waals surface area contributed by atoms with E-state index in [-0.39, 0.29) is 44.9 Å². The van der Waals surface area contributed by atoms with Gasteiger partial charge in [-0.3, -0.25) is 0 Å². The van der Waals surface area contributed by atoms with E-state index in [2.05, 4.69) is 25.7 Å². The van der Waals surface area contributed by atoms with Gasteiger partial charge in [0.1, 0.15) is 16.1 Å². The van der Waals surface area contributed by atoms with Crippen molar-refractivity contribution in [3.05, 3.63) is 80.0 Å². The highest BCUT2D eigenvalue weighted by Crippen LogP contribution is 2.39. The fraction of sp³-hybridized carbons (Fsp3) is 0.379. The number of aromatic nitrogens is 1. The van der Waals surface area contributed by atoms with E-state index in [0.717, 1.165) is 34.5 Å². The summed E-state index contributed by atoms with van der Waals surface area (Å²) in [6.07, 6.45) is 3.96. The molecule has 5 rings (SSSR count). The summed E-state index contributed by atoms with van der Waals surface area (Å²) in [4.78, 5) is 16.6. The highest BCUT2D eigenvalue weighted by Gasteiger charge is 2.42. The normalized spacial score (nSPS) is 17.5. The van der Waals surface area contributed by atoms with Crippen molar-refractivity contribution in [2.75, 3.05) is 18.9 Å². The number of nitrogens with zero attached hydrogens (tertiary/aromatic N) is 1. The molecule has 0 amide bonds. The van der Waals surface area contributed by atoms with Gasteiger partial charge >= 0.3 is 12.6 Å². The van der Waals surface area contributed by atoms with E-state index in [0.29, 0.717) is 33.9 Å². The second-order valence-electron chi connectivity index (χ2n) is 10.3. The molecule has 1 saturated carbocycles. The largest absolute Gasteiger partial charge is 0.870 e. The first-order valence-electron chi connectivity index (χ1n) is 13.6. The maximum Gasteiger partial charge on any atom is 0.387 e. The van der Waals surface area contributed by atoms with E-state index >= 15 is 0 Å². The van der Waals surface area contributed by atoms with Crippen LogP contribution in [0, 0.1) is 12.8 Å². The smallest absolute Gasteiger partial charge is 0.387 e. The number of aromatic amines is 1. The molecule has 1 saturated heterocycles. The number of H-pyrrole nitrogens is 1. The molecule has 3 aromatic rings. The van der Waals surface area contributed by atoms with Crippen LogP contribution in [0.25, 0.3) is 0 Å². The topological polar surface area (TPSA) is 126 Å². The fourth-order valence-corrected chi connectivity index (χ4v) is 8.70. The summed E-state index contributed by atoms with van der Waals surface area (Å²) in [6.45, 7) is -0.809. The van der Waals surface area contributed by atoms with E-state index in [1.807, 2.05) is 6.92 Å². The average Bonchev–Trinajstić information content (AvgIpc) is 3.66. The van der Waals surface area contributed by atoms with Crippen LogP contribution < -0.4 is 14.5 Å². The van der Waals surface area contributed by atoms with Crippen molar-refractivity contribution in [1.82, 2.24) is 4.31 Å². The molecule has 2 atom stereocenters. The number of carbonyl (C=O) groups excluding carboxylic acids is 1. The number of hydrogen-bond donors (Lipinski definition) is 0. The number of halogens is 5. The zero-order valence-corrected chi connectivity index (χ0v) is 28.5. The van der Waals surface area contributed by atoms with Gasteiger partial charge in [0.05, 0.1) is 11.5 Å². The summed E-state index contributed by atoms with van der Waals surface area (Å²) in [5.74, 6) is -0.185. The highest BCUT2D eigenvalue weighted by atomic mass is 79.9. The van der Waals surface area contributed by atoms with Crippen LogP contribution >= 0.6 is 50.9 Å². The maximum absolute atomic E-state index is 13.7. The molecular weight excluding hydrogens is 741 g/mol. The van der Waals surface area contributed by atoms with Crippen molar-refractivity contribution in [1.29, 1.82) is 0 Å². The Morgan fingerprint density at radius 1 is 1.13 bits per heavy atom. The minimum Gasteiger partial charge on any atom is -0.870 e. The van der Waals surface area contributed by atoms with Crippen molar-refractivity contribution in [2.24, 2.45) is 5.92 Å². The highest BCUT2D eigenvalue weighted by molar-refractivity contribution is 9.10. The molecule has 0 radical (unpaired) electrons. The fourth-order valence-electron chi connectivity index (χ4n) is 4.56. The second-order valence-corrected chi connectivity index (χ2v) is 15.1. The van der Waals surface area contributed by atoms with Gasteiger partial charge in [-0.25, -0.2) is 18.2 Å². The SMILES string of the molecule is Cc1ccc(S(=O)(=O)N2CCS[C@H]2C(=O)O[C@@H](Cc2c(Cl)c[nH+]cc2Cl)c2ccc(OC(F)F)c(OCC3CC3)c2)cc1Br.[OH-]. The molecule has 2 aliphatic rings. The molecule has 1 aliphatic carbocycles. The summed E-state index contributed by atoms with van der Waals surface area (Å²) < 4.78 is 71.8. The van der Waals surface area contributed by atoms with Gasteiger partial charge in [-0.05, 0) is 61.1 Å². The summed E-state index contributed by atoms with van der Waals surface area (Å²) in [5, 5.41) is -0.596. The molecule has 16 heteroatoms. The number of ether oxygens (including phenoxy) is 3. The molecule has 0 unspecified atom stereocenters. The number of hydrogen-bond acceptors (Lipinski definition) is 8. The van der Waals surface area contributed by atoms with Crippen molar-refractivity contribution >= 4 is 66.9 Å². The minimum absolute atomic E-state index is 0. The van der Waals surface area contributed by atoms with Crippen LogP contribution in [0.15, 0.2) is 58.2 Å². The standard InChI is InChI=1S/C29H27BrCl2F2N2O6S2.H2O/c1-16-2-6-19(11-21(16)30)44(38,39)36-8-9-43-27(36)28(37)41-25(12-20-22(31)13-35-14-23(20)32)18-5-7-24(42-29(33)34)26(10-18)40-15-17-3-4-17;/h2,5-7,10-11,13-14,17,25,27,29H,3-4,8-9,12,15H2,1H3;1H2/t25-,27-;/m0./s1. The molecule has 1 aromatic heterocycles. The number of thioether (sulfide) groups is 1. The Bertz CT molecular complexity index is 1630. The molecule has 0 spiro atoms. The number of pyridine rings is 1. The second kappa shape index (κ2) is 15.1. The van der Waals surface area contributed by atoms with Crippen molar-refractivity contribution in [3.8, 4) is 11.5 Å². The third-order valence-corrected chi connectivity index (χ3v) is 11.9. The molecule has 9 nitrogen and oxygen atoms in total. The van der Waals surface area contributed by atoms with E-state index in [1.54, 1.807) is 6.07 Å². The number of nitrogens with one attached hydrogen (secondary N) is 1. The van der Waals surface area contributed by atoms with Crippen LogP contribution in [0.2, 0.25) is 10.0 Å². The van der Waals surface area contributed by atoms with Crippen molar-refractivity contribution in [3.63, 3.8) is 0 Å². The number of rotatable bonds is 12. The third-order valence-electron chi connectivity index (χ3n) is 7.17. The summed E-state index contributed by atoms with van der Waals surface area (Å²) >= 11 is 17.4. The van der Waals surface area contributed by atoms with Gasteiger partial charge in [-0.15, -0.1) is 11.8 Å². The van der Waals surface area contributed by atoms with Gasteiger partial charge in [-0.1, -0.05) is 51.3 Å². The van der Waals surface area contributed by atoms with Crippen LogP contribution in [-0.2, 0) is 26.0 Å². The Labute approximate surface area is 282 Å². The first-order valence-corrected chi connectivity index (χ1v) is 17.6. The number of benzene rings is 2. The quantitative estimate of drug-likeness (QED) is 0.187. The summed E-state index contributed by atoms with van der Waals surface area (Å²) in [7, 11) is -4.05. The van der Waals surface area contributed by atoms with Crippen LogP contribution in [0.3, 0.4) is 0 Å². The first kappa shape index (κ1) is 35.7. The lowest BCUT2D eigenvalue weighted by Gasteiger charge is -2.26. The number of carbonyl (C=O) groups is 1. The predicted molar refractivity (Wildman–Crippen MR) is 168 cm³/mol. The molecule has 0 bridgehead atoms. The van der Waals surface area contributed by atoms with Crippen molar-refractivity contribution < 1.29 is 46.7 Å². The predicted octanol–water partition coefficient (Wildman–Crippen LogP) is 6.68. The average molecular weight is 770 g/mol. The molecule has 2 N–H and O–H groups in total. The lowest BCUT2D eigenvalue weighted by atomic mass is 10.0. The lowest BCUT2D eigenvalue weighted by Crippen LogP contribution is -2.40. The van der Waals surface area contributed by atoms with Gasteiger partial charge in [0.2, 0.25) is 10.0 Å². The zero-order chi connectivity index (χ0) is 31.6. The molecule has 45 heavy (non-hydrogen) atoms. The van der Waals surface area contributed by atoms with Crippen LogP contribution in [0.1, 0.15) is 35.6 Å². The van der Waals surface area contributed by atoms with Crippen LogP contribution in [0.5, 0.6) is 11.5 Å². The van der Waals surface area contributed by atoms with Crippen LogP contribution in [0.4, 0.5) is 8.78 Å². The van der Waals surface area contributed by atoms with Gasteiger partial charge < -0.3 is 19.7 Å². The van der Waals surface area contributed by atoms with Gasteiger partial charge in [0, 0.05) is 28.8 Å². The number of sulfonamides is 1. The zero-order valence-electron chi connectivity index (χ0n) is 23.7. The summed E-state index contributed by atoms with van der Waals surface area (Å²) in [6, 6.07) is 8.96. The monoisotopic (exact) mass is 768 g/mol. The number of esters is 1. The van der Waals surface area contributed by atoms with E-state index in [9.17, 15) is 22.0 Å². The number of aryl methyl sites for hydroxylation is 1. The van der Waals surface area contributed by atoms with Crippen LogP contribution in [-0.4, -0.2) is 55.1 Å². The maximum atomic E-state index is 13.7. The van der Waals surface area contributed by atoms with Gasteiger partial charge in [0.25, 0.3) is 0 Å². The van der Waals surface area contributed by atoms with Crippen molar-refractivity contribution in [2.45, 2.75) is 49.2 Å². The Hall–Kier alpha value is -2.20. The summed E-state index contributed by atoms with van der Waals surface area (Å²) in [5.41, 5.74) is 1.72. The van der Waals surface area contributed by atoms with E-state index < -0.39 is 34.1 Å². The first-order chi connectivity index (χ1) is 20.9. The molecular formula is C29H29BrCl2F2N2O7S2. The lowest BCUT2D eigenvalue weighted by molar-refractivity contribution is -0.377. The Balaban J connectivity index is 0.00000461. The number of alkyl halides is 2. The van der Waals surface area contributed by atoms with Gasteiger partial charge in [-0.2, -0.15) is 13.1 Å². The molecule has 2 aromatic carbocycles. The minimum atomic E-state index is -4.05. The van der Waals surface area contributed by atoms with E-state index in [1.165, 1.54) is 42.7 Å². The van der Waals surface area contributed by atoms with E-state index in [4.69, 9.17) is 32.7 Å². The molecule has 2 fully saturated rings. The third kappa shape index (κ3) is 8.59. The Morgan fingerprint density at radius 2 is 1.84 bits per heavy atom. The molecule has 1 aliphatic heterocycles.